The van der Waals surface area contributed by atoms with Crippen molar-refractivity contribution >= 4 is 24.3 Å². The molecule has 2 aliphatic carbocycles. The van der Waals surface area contributed by atoms with E-state index < -0.39 is 24.0 Å². The average Bonchev–Trinajstić information content (AvgIpc) is 3.10. The van der Waals surface area contributed by atoms with Gasteiger partial charge in [-0.25, -0.2) is 0 Å². The number of carbonyl (C=O) groups is 1. The summed E-state index contributed by atoms with van der Waals surface area (Å²) >= 11 is -2.49. The fourth-order valence-corrected chi connectivity index (χ4v) is 21.9. The molecule has 0 aliphatic heterocycles. The van der Waals surface area contributed by atoms with Gasteiger partial charge in [0.2, 0.25) is 0 Å². The third-order valence-electron chi connectivity index (χ3n) is 8.32. The number of carbonyl (C=O) groups excluding carboxylic acids is 1. The van der Waals surface area contributed by atoms with E-state index in [-0.39, 0.29) is 17.3 Å². The van der Waals surface area contributed by atoms with Crippen molar-refractivity contribution in [1.82, 2.24) is 0 Å². The zero-order valence-corrected chi connectivity index (χ0v) is 23.4. The van der Waals surface area contributed by atoms with Crippen LogP contribution < -0.4 is 0 Å². The van der Waals surface area contributed by atoms with Crippen LogP contribution in [0.2, 0.25) is 13.3 Å². The van der Waals surface area contributed by atoms with Crippen LogP contribution in [-0.4, -0.2) is 41.7 Å². The number of aliphatic hydroxyl groups is 1. The van der Waals surface area contributed by atoms with Crippen LogP contribution in [0.4, 0.5) is 0 Å². The third kappa shape index (κ3) is 5.85. The fraction of sp³-hybridized carbons (Fsp3) is 0.885. The molecule has 30 heavy (non-hydrogen) atoms. The number of fused-ring (bicyclic) bond motifs is 1. The molecule has 3 atom stereocenters. The normalized spacial score (nSPS) is 30.1. The molecule has 0 unspecified atom stereocenters. The second kappa shape index (κ2) is 11.7. The number of hydrogen-bond donors (Lipinski definition) is 1. The summed E-state index contributed by atoms with van der Waals surface area (Å²) in [6, 6.07) is 0. The Kier molecular flexibility index (Phi) is 10.2. The van der Waals surface area contributed by atoms with Gasteiger partial charge in [-0.05, 0) is 0 Å². The summed E-state index contributed by atoms with van der Waals surface area (Å²) in [7, 11) is 0. The molecule has 2 fully saturated rings. The van der Waals surface area contributed by atoms with Crippen molar-refractivity contribution in [1.29, 1.82) is 0 Å². The van der Waals surface area contributed by atoms with E-state index in [1.54, 1.807) is 0 Å². The predicted octanol–water partition coefficient (Wildman–Crippen LogP) is 7.20. The Bertz CT molecular complexity index is 565. The first-order valence-corrected chi connectivity index (χ1v) is 20.6. The summed E-state index contributed by atoms with van der Waals surface area (Å²) in [4.78, 5) is 12.5. The summed E-state index contributed by atoms with van der Waals surface area (Å²) in [5.41, 5.74) is 0.670. The second-order valence-electron chi connectivity index (χ2n) is 10.4. The Hall–Kier alpha value is -0.0313. The first-order valence-electron chi connectivity index (χ1n) is 12.9. The topological polar surface area (TPSA) is 46.5 Å². The average molecular weight is 527 g/mol. The molecule has 0 aromatic rings. The van der Waals surface area contributed by atoms with Gasteiger partial charge in [-0.15, -0.1) is 0 Å². The first-order chi connectivity index (χ1) is 14.3. The molecule has 0 bridgehead atoms. The van der Waals surface area contributed by atoms with Crippen molar-refractivity contribution in [3.63, 3.8) is 0 Å². The fourth-order valence-electron chi connectivity index (χ4n) is 6.39. The molecule has 3 nitrogen and oxygen atoms in total. The summed E-state index contributed by atoms with van der Waals surface area (Å²) in [6.45, 7) is 11.5. The van der Waals surface area contributed by atoms with Crippen LogP contribution in [-0.2, 0) is 9.53 Å². The molecule has 174 valence electrons. The van der Waals surface area contributed by atoms with Crippen LogP contribution in [0.25, 0.3) is 0 Å². The van der Waals surface area contributed by atoms with Gasteiger partial charge in [0.25, 0.3) is 0 Å². The van der Waals surface area contributed by atoms with Gasteiger partial charge in [0, 0.05) is 0 Å². The summed E-state index contributed by atoms with van der Waals surface area (Å²) < 4.78 is 12.5. The molecular weight excluding hydrogens is 479 g/mol. The van der Waals surface area contributed by atoms with Crippen molar-refractivity contribution in [3.8, 4) is 0 Å². The van der Waals surface area contributed by atoms with E-state index in [2.05, 4.69) is 31.8 Å². The molecule has 0 amide bonds. The molecule has 0 heterocycles. The Balaban J connectivity index is 2.44. The molecule has 2 saturated carbocycles. The second-order valence-corrected chi connectivity index (χ2v) is 23.3. The molecule has 0 aromatic carbocycles. The Morgan fingerprint density at radius 2 is 1.63 bits per heavy atom. The maximum absolute atomic E-state index is 12.5. The number of ether oxygens (including phenoxy) is 1. The molecule has 0 saturated heterocycles. The zero-order valence-electron chi connectivity index (χ0n) is 20.5. The predicted molar refractivity (Wildman–Crippen MR) is 129 cm³/mol. The Morgan fingerprint density at radius 3 is 2.13 bits per heavy atom. The van der Waals surface area contributed by atoms with E-state index in [4.69, 9.17) is 4.74 Å². The summed E-state index contributed by atoms with van der Waals surface area (Å²) in [5, 5.41) is 11.6. The van der Waals surface area contributed by atoms with Crippen molar-refractivity contribution < 1.29 is 14.6 Å². The molecule has 1 N–H and O–H groups in total. The summed E-state index contributed by atoms with van der Waals surface area (Å²) in [6.07, 6.45) is 12.1. The van der Waals surface area contributed by atoms with Crippen molar-refractivity contribution in [3.05, 3.63) is 9.67 Å². The number of rotatable bonds is 13. The minimum absolute atomic E-state index is 0.0813. The van der Waals surface area contributed by atoms with Crippen LogP contribution >= 0.6 is 0 Å². The van der Waals surface area contributed by atoms with Crippen LogP contribution in [0.5, 0.6) is 0 Å². The Labute approximate surface area is 190 Å². The van der Waals surface area contributed by atoms with Crippen molar-refractivity contribution in [2.24, 2.45) is 11.3 Å². The van der Waals surface area contributed by atoms with Crippen LogP contribution in [0.1, 0.15) is 105 Å². The Morgan fingerprint density at radius 1 is 1.07 bits per heavy atom. The maximum atomic E-state index is 12.5. The monoisotopic (exact) mass is 528 g/mol. The SMILES string of the molecule is CCC[CH2][Sn](/[CH]=C1\C[C@]2(O)CCC[C@]2(C)[C@H]1CC(=O)OCC)([CH2]CCC)[CH2]CCC. The zero-order chi connectivity index (χ0) is 22.3. The van der Waals surface area contributed by atoms with Gasteiger partial charge in [-0.1, -0.05) is 0 Å². The minimum atomic E-state index is -2.49. The van der Waals surface area contributed by atoms with Gasteiger partial charge in [-0.2, -0.15) is 0 Å². The van der Waals surface area contributed by atoms with E-state index >= 15 is 0 Å². The van der Waals surface area contributed by atoms with E-state index in [0.717, 1.165) is 25.7 Å². The van der Waals surface area contributed by atoms with Gasteiger partial charge in [0.05, 0.1) is 0 Å². The van der Waals surface area contributed by atoms with Crippen LogP contribution in [0, 0.1) is 11.3 Å². The number of hydrogen-bond acceptors (Lipinski definition) is 3. The summed E-state index contributed by atoms with van der Waals surface area (Å²) in [5.74, 6) is 0.0901. The molecule has 0 aromatic heterocycles. The molecular formula is C26H48O3Sn. The molecule has 4 heteroatoms. The van der Waals surface area contributed by atoms with Crippen molar-refractivity contribution in [2.45, 2.75) is 124 Å². The molecule has 2 rings (SSSR count). The van der Waals surface area contributed by atoms with Gasteiger partial charge in [0.1, 0.15) is 0 Å². The van der Waals surface area contributed by atoms with E-state index in [1.807, 2.05) is 6.92 Å². The van der Waals surface area contributed by atoms with Crippen LogP contribution in [0.15, 0.2) is 9.67 Å². The quantitative estimate of drug-likeness (QED) is 0.204. The number of unbranched alkanes of at least 4 members (excludes halogenated alkanes) is 3. The van der Waals surface area contributed by atoms with Crippen LogP contribution in [0.3, 0.4) is 0 Å². The van der Waals surface area contributed by atoms with Crippen molar-refractivity contribution in [2.75, 3.05) is 6.61 Å². The number of esters is 1. The van der Waals surface area contributed by atoms with E-state index in [0.29, 0.717) is 13.0 Å². The van der Waals surface area contributed by atoms with E-state index in [9.17, 15) is 9.90 Å². The molecule has 0 spiro atoms. The molecule has 2 aliphatic rings. The standard InChI is InChI=1S/C14H21O3.3C4H9.Sn/c1-4-17-12(15)8-11-10(2)9-14(16)7-5-6-13(11,14)3;3*1-3-4-2;/h2,11,16H,4-9H2,1,3H3;3*1,3-4H2,2H3;/t11-,13+,14+;;;;/m0..../s1. The van der Waals surface area contributed by atoms with E-state index in [1.165, 1.54) is 57.4 Å². The van der Waals surface area contributed by atoms with Gasteiger partial charge in [0.15, 0.2) is 0 Å². The molecule has 0 radical (unpaired) electrons. The first kappa shape index (κ1) is 26.2. The van der Waals surface area contributed by atoms with Gasteiger partial charge in [-0.3, -0.25) is 0 Å². The van der Waals surface area contributed by atoms with Gasteiger partial charge < -0.3 is 0 Å². The third-order valence-corrected chi connectivity index (χ3v) is 22.7. The van der Waals surface area contributed by atoms with Gasteiger partial charge >= 0.3 is 191 Å².